The largest absolute Gasteiger partial charge is 0.416 e. The van der Waals surface area contributed by atoms with Gasteiger partial charge in [0, 0.05) is 45.0 Å². The van der Waals surface area contributed by atoms with E-state index in [2.05, 4.69) is 12.0 Å². The smallest absolute Gasteiger partial charge is 0.378 e. The Labute approximate surface area is 213 Å². The van der Waals surface area contributed by atoms with Gasteiger partial charge in [0.1, 0.15) is 0 Å². The summed E-state index contributed by atoms with van der Waals surface area (Å²) in [6.07, 6.45) is 0.149. The van der Waals surface area contributed by atoms with E-state index >= 15 is 0 Å². The molecule has 5 rings (SSSR count). The second-order valence-electron chi connectivity index (χ2n) is 10.8. The van der Waals surface area contributed by atoms with E-state index in [1.54, 1.807) is 21.9 Å². The molecule has 37 heavy (non-hydrogen) atoms. The minimum absolute atomic E-state index is 0.127. The number of ether oxygens (including phenoxy) is 1. The number of hydrogen-bond donors (Lipinski definition) is 0. The molecule has 2 aliphatic heterocycles. The number of carbonyl (C=O) groups is 2. The molecule has 0 radical (unpaired) electrons. The number of halogens is 3. The third-order valence-electron chi connectivity index (χ3n) is 8.20. The highest BCUT2D eigenvalue weighted by Crippen LogP contribution is 2.50. The number of carbonyl (C=O) groups excluding carboxylic acids is 2. The minimum Gasteiger partial charge on any atom is -0.378 e. The first kappa shape index (κ1) is 25.7. The SMILES string of the molecule is CN(Cc1ccccc1C(F)(F)F)[C@H]1CC2CN(C(=O)n3cc(C(=O)N4CCOCC4)cn3)CC2(C)C1. The molecule has 2 amide bonds. The maximum atomic E-state index is 13.4. The summed E-state index contributed by atoms with van der Waals surface area (Å²) in [6, 6.07) is 5.60. The predicted octanol–water partition coefficient (Wildman–Crippen LogP) is 3.57. The number of hydrogen-bond acceptors (Lipinski definition) is 5. The van der Waals surface area contributed by atoms with Crippen molar-refractivity contribution in [1.82, 2.24) is 24.5 Å². The van der Waals surface area contributed by atoms with Crippen LogP contribution in [0.2, 0.25) is 0 Å². The first-order valence-corrected chi connectivity index (χ1v) is 12.6. The molecule has 11 heteroatoms. The summed E-state index contributed by atoms with van der Waals surface area (Å²) in [7, 11) is 1.88. The van der Waals surface area contributed by atoms with Gasteiger partial charge >= 0.3 is 12.2 Å². The Morgan fingerprint density at radius 3 is 2.62 bits per heavy atom. The summed E-state index contributed by atoms with van der Waals surface area (Å²) in [4.78, 5) is 31.4. The van der Waals surface area contributed by atoms with E-state index in [1.165, 1.54) is 23.1 Å². The summed E-state index contributed by atoms with van der Waals surface area (Å²) in [5, 5.41) is 4.16. The molecule has 3 atom stereocenters. The summed E-state index contributed by atoms with van der Waals surface area (Å²) in [5.74, 6) is 0.0809. The van der Waals surface area contributed by atoms with E-state index in [4.69, 9.17) is 4.74 Å². The standard InChI is InChI=1S/C26H32F3N5O3/c1-25-12-21(31(2)14-18-5-3-4-6-22(18)26(27,28)29)11-20(25)16-33(17-25)24(36)34-15-19(13-30-34)23(35)32-7-9-37-10-8-32/h3-6,13,15,20-21H,7-12,14,16-17H2,1-2H3/t20?,21-,25?/m0/s1. The monoisotopic (exact) mass is 519 g/mol. The molecular formula is C26H32F3N5O3. The molecule has 0 spiro atoms. The van der Waals surface area contributed by atoms with Gasteiger partial charge in [-0.25, -0.2) is 4.79 Å². The van der Waals surface area contributed by atoms with Gasteiger partial charge in [-0.1, -0.05) is 25.1 Å². The van der Waals surface area contributed by atoms with Crippen LogP contribution in [0.3, 0.4) is 0 Å². The van der Waals surface area contributed by atoms with E-state index in [1.807, 2.05) is 11.9 Å². The molecule has 2 saturated heterocycles. The van der Waals surface area contributed by atoms with E-state index in [0.717, 1.165) is 18.9 Å². The summed E-state index contributed by atoms with van der Waals surface area (Å²) in [6.45, 7) is 5.51. The fourth-order valence-corrected chi connectivity index (χ4v) is 6.10. The van der Waals surface area contributed by atoms with Crippen molar-refractivity contribution in [1.29, 1.82) is 0 Å². The molecular weight excluding hydrogens is 487 g/mol. The second-order valence-corrected chi connectivity index (χ2v) is 10.8. The third kappa shape index (κ3) is 5.11. The van der Waals surface area contributed by atoms with Crippen LogP contribution in [-0.2, 0) is 17.5 Å². The molecule has 1 aromatic carbocycles. The Morgan fingerprint density at radius 1 is 1.19 bits per heavy atom. The number of fused-ring (bicyclic) bond motifs is 1. The van der Waals surface area contributed by atoms with Crippen LogP contribution in [0.5, 0.6) is 0 Å². The Bertz CT molecular complexity index is 1160. The Hall–Kier alpha value is -2.92. The first-order valence-electron chi connectivity index (χ1n) is 12.6. The van der Waals surface area contributed by atoms with Gasteiger partial charge in [0.2, 0.25) is 0 Å². The summed E-state index contributed by atoms with van der Waals surface area (Å²) in [5.41, 5.74) is -0.0643. The van der Waals surface area contributed by atoms with E-state index < -0.39 is 11.7 Å². The quantitative estimate of drug-likeness (QED) is 0.618. The number of morpholine rings is 1. The van der Waals surface area contributed by atoms with Crippen LogP contribution >= 0.6 is 0 Å². The van der Waals surface area contributed by atoms with E-state index in [-0.39, 0.29) is 41.4 Å². The number of aromatic nitrogens is 2. The van der Waals surface area contributed by atoms with Crippen LogP contribution in [0, 0.1) is 11.3 Å². The molecule has 3 fully saturated rings. The van der Waals surface area contributed by atoms with Gasteiger partial charge in [-0.15, -0.1) is 0 Å². The molecule has 200 valence electrons. The van der Waals surface area contributed by atoms with Gasteiger partial charge < -0.3 is 14.5 Å². The molecule has 1 aromatic heterocycles. The van der Waals surface area contributed by atoms with Crippen molar-refractivity contribution in [3.05, 3.63) is 53.3 Å². The van der Waals surface area contributed by atoms with Crippen LogP contribution in [0.1, 0.15) is 41.3 Å². The summed E-state index contributed by atoms with van der Waals surface area (Å²) < 4.78 is 46.8. The number of rotatable bonds is 4. The van der Waals surface area contributed by atoms with Gasteiger partial charge in [-0.2, -0.15) is 23.0 Å². The zero-order chi connectivity index (χ0) is 26.4. The van der Waals surface area contributed by atoms with Crippen molar-refractivity contribution in [3.8, 4) is 0 Å². The van der Waals surface area contributed by atoms with Crippen molar-refractivity contribution in [2.24, 2.45) is 11.3 Å². The fraction of sp³-hybridized carbons (Fsp3) is 0.577. The van der Waals surface area contributed by atoms with Gasteiger partial charge in [0.15, 0.2) is 0 Å². The lowest BCUT2D eigenvalue weighted by Gasteiger charge is -2.29. The normalized spacial score (nSPS) is 26.1. The number of likely N-dealkylation sites (tertiary alicyclic amines) is 1. The lowest BCUT2D eigenvalue weighted by atomic mass is 9.83. The average Bonchev–Trinajstić information content (AvgIpc) is 3.56. The first-order chi connectivity index (χ1) is 17.5. The molecule has 8 nitrogen and oxygen atoms in total. The molecule has 3 aliphatic rings. The van der Waals surface area contributed by atoms with E-state index in [0.29, 0.717) is 45.0 Å². The Balaban J connectivity index is 1.20. The molecule has 2 aromatic rings. The molecule has 0 bridgehead atoms. The van der Waals surface area contributed by atoms with Crippen LogP contribution < -0.4 is 0 Å². The van der Waals surface area contributed by atoms with Crippen LogP contribution in [-0.4, -0.2) is 88.9 Å². The zero-order valence-corrected chi connectivity index (χ0v) is 21.1. The third-order valence-corrected chi connectivity index (χ3v) is 8.20. The van der Waals surface area contributed by atoms with Crippen molar-refractivity contribution < 1.29 is 27.5 Å². The zero-order valence-electron chi connectivity index (χ0n) is 21.1. The Morgan fingerprint density at radius 2 is 1.92 bits per heavy atom. The number of benzene rings is 1. The van der Waals surface area contributed by atoms with Crippen molar-refractivity contribution in [2.45, 2.75) is 38.5 Å². The van der Waals surface area contributed by atoms with Crippen LogP contribution in [0.4, 0.5) is 18.0 Å². The van der Waals surface area contributed by atoms with Crippen molar-refractivity contribution >= 4 is 11.9 Å². The van der Waals surface area contributed by atoms with Crippen molar-refractivity contribution in [3.63, 3.8) is 0 Å². The highest BCUT2D eigenvalue weighted by atomic mass is 19.4. The lowest BCUT2D eigenvalue weighted by Crippen LogP contribution is -2.40. The fourth-order valence-electron chi connectivity index (χ4n) is 6.10. The Kier molecular flexibility index (Phi) is 6.78. The van der Waals surface area contributed by atoms with Gasteiger partial charge in [0.05, 0.1) is 30.5 Å². The highest BCUT2D eigenvalue weighted by molar-refractivity contribution is 5.94. The molecule has 2 unspecified atom stereocenters. The van der Waals surface area contributed by atoms with Gasteiger partial charge in [-0.3, -0.25) is 9.69 Å². The molecule has 1 aliphatic carbocycles. The maximum Gasteiger partial charge on any atom is 0.416 e. The second kappa shape index (κ2) is 9.75. The van der Waals surface area contributed by atoms with Gasteiger partial charge in [-0.05, 0) is 42.9 Å². The van der Waals surface area contributed by atoms with Crippen molar-refractivity contribution in [2.75, 3.05) is 46.4 Å². The number of amides is 2. The summed E-state index contributed by atoms with van der Waals surface area (Å²) >= 11 is 0. The van der Waals surface area contributed by atoms with Crippen LogP contribution in [0.15, 0.2) is 36.7 Å². The number of alkyl halides is 3. The minimum atomic E-state index is -4.38. The average molecular weight is 520 g/mol. The maximum absolute atomic E-state index is 13.4. The predicted molar refractivity (Wildman–Crippen MR) is 129 cm³/mol. The van der Waals surface area contributed by atoms with E-state index in [9.17, 15) is 22.8 Å². The topological polar surface area (TPSA) is 70.9 Å². The molecule has 3 heterocycles. The van der Waals surface area contributed by atoms with Crippen LogP contribution in [0.25, 0.3) is 0 Å². The number of nitrogens with zero attached hydrogens (tertiary/aromatic N) is 5. The lowest BCUT2D eigenvalue weighted by molar-refractivity contribution is -0.138. The van der Waals surface area contributed by atoms with Gasteiger partial charge in [0.25, 0.3) is 5.91 Å². The molecule has 1 saturated carbocycles. The highest BCUT2D eigenvalue weighted by Gasteiger charge is 2.52. The molecule has 0 N–H and O–H groups in total.